The van der Waals surface area contributed by atoms with Gasteiger partial charge in [0.05, 0.1) is 16.2 Å². The minimum absolute atomic E-state index is 0.205. The zero-order valence-corrected chi connectivity index (χ0v) is 18.2. The average Bonchev–Trinajstić information content (AvgIpc) is 2.74. The molecule has 1 N–H and O–H groups in total. The molecule has 8 heteroatoms. The molecule has 0 amide bonds. The smallest absolute Gasteiger partial charge is 0.338 e. The van der Waals surface area contributed by atoms with Gasteiger partial charge in [-0.3, -0.25) is 0 Å². The van der Waals surface area contributed by atoms with Crippen molar-refractivity contribution in [3.63, 3.8) is 0 Å². The van der Waals surface area contributed by atoms with E-state index in [2.05, 4.69) is 0 Å². The summed E-state index contributed by atoms with van der Waals surface area (Å²) in [7, 11) is -3.64. The largest absolute Gasteiger partial charge is 0.456 e. The van der Waals surface area contributed by atoms with Crippen molar-refractivity contribution >= 4 is 15.8 Å². The summed E-state index contributed by atoms with van der Waals surface area (Å²) >= 11 is 0. The summed E-state index contributed by atoms with van der Waals surface area (Å²) in [5, 5.41) is 11.0. The first-order valence-electron chi connectivity index (χ1n) is 10.2. The fourth-order valence-corrected chi connectivity index (χ4v) is 6.12. The first kappa shape index (κ1) is 22.0. The van der Waals surface area contributed by atoms with E-state index in [0.29, 0.717) is 12.0 Å². The predicted molar refractivity (Wildman–Crippen MR) is 112 cm³/mol. The molecule has 31 heavy (non-hydrogen) atoms. The van der Waals surface area contributed by atoms with Gasteiger partial charge < -0.3 is 9.84 Å². The van der Waals surface area contributed by atoms with Crippen molar-refractivity contribution in [1.29, 1.82) is 0 Å². The van der Waals surface area contributed by atoms with Crippen LogP contribution in [-0.4, -0.2) is 48.7 Å². The van der Waals surface area contributed by atoms with Crippen LogP contribution in [0.4, 0.5) is 0 Å². The summed E-state index contributed by atoms with van der Waals surface area (Å²) < 4.78 is 31.6. The number of carbonyl (C=O) groups excluding carboxylic acids is 1. The van der Waals surface area contributed by atoms with Gasteiger partial charge in [-0.05, 0) is 56.9 Å². The molecule has 4 rings (SSSR count). The number of hydrogen-bond acceptors (Lipinski definition) is 7. The van der Waals surface area contributed by atoms with Gasteiger partial charge in [-0.2, -0.15) is 0 Å². The third-order valence-electron chi connectivity index (χ3n) is 6.36. The van der Waals surface area contributed by atoms with Crippen molar-refractivity contribution in [2.75, 3.05) is 5.75 Å². The van der Waals surface area contributed by atoms with Crippen LogP contribution < -0.4 is 0 Å². The van der Waals surface area contributed by atoms with E-state index in [1.165, 1.54) is 0 Å². The normalized spacial score (nSPS) is 32.9. The minimum Gasteiger partial charge on any atom is -0.456 e. The lowest BCUT2D eigenvalue weighted by atomic mass is 9.69. The van der Waals surface area contributed by atoms with Gasteiger partial charge in [0.1, 0.15) is 23.4 Å². The van der Waals surface area contributed by atoms with E-state index in [0.717, 1.165) is 0 Å². The second kappa shape index (κ2) is 8.02. The van der Waals surface area contributed by atoms with E-state index in [1.807, 2.05) is 0 Å². The molecule has 0 unspecified atom stereocenters. The minimum atomic E-state index is -3.64. The molecule has 1 heterocycles. The highest BCUT2D eigenvalue weighted by atomic mass is 32.2. The highest BCUT2D eigenvalue weighted by Crippen LogP contribution is 2.47. The Kier molecular flexibility index (Phi) is 5.68. The maximum Gasteiger partial charge on any atom is 0.338 e. The monoisotopic (exact) mass is 446 g/mol. The van der Waals surface area contributed by atoms with E-state index in [4.69, 9.17) is 14.5 Å². The molecular formula is C23H26O7S. The standard InChI is InChI=1S/C23H26O7S/c1-22(15-31(26,27)18-11-7-4-8-12-18)17-13-19(23(2,25)20(14-17)29-30-22)28-21(24)16-9-5-3-6-10-16/h3-12,17,19-20,25H,13-15H2,1-2H3/t17-,19+,20-,22-,23-/m0/s1. The Morgan fingerprint density at radius 2 is 1.68 bits per heavy atom. The average molecular weight is 447 g/mol. The van der Waals surface area contributed by atoms with Gasteiger partial charge in [-0.1, -0.05) is 36.4 Å². The first-order valence-corrected chi connectivity index (χ1v) is 11.9. The quantitative estimate of drug-likeness (QED) is 0.557. The maximum absolute atomic E-state index is 13.0. The number of hydrogen-bond donors (Lipinski definition) is 1. The number of ether oxygens (including phenoxy) is 1. The summed E-state index contributed by atoms with van der Waals surface area (Å²) in [6.45, 7) is 3.23. The van der Waals surface area contributed by atoms with Crippen molar-refractivity contribution in [2.45, 2.75) is 55.0 Å². The fourth-order valence-electron chi connectivity index (χ4n) is 4.34. The molecule has 7 nitrogen and oxygen atoms in total. The van der Waals surface area contributed by atoms with Crippen molar-refractivity contribution in [1.82, 2.24) is 0 Å². The third kappa shape index (κ3) is 4.25. The highest BCUT2D eigenvalue weighted by molar-refractivity contribution is 7.91. The van der Waals surface area contributed by atoms with Gasteiger partial charge >= 0.3 is 5.97 Å². The number of sulfone groups is 1. The molecule has 2 aliphatic rings. The maximum atomic E-state index is 13.0. The number of benzene rings is 2. The number of aliphatic hydroxyl groups is 1. The molecule has 2 bridgehead atoms. The number of carbonyl (C=O) groups is 1. The second-order valence-electron chi connectivity index (χ2n) is 8.71. The molecule has 2 fully saturated rings. The zero-order valence-electron chi connectivity index (χ0n) is 17.4. The van der Waals surface area contributed by atoms with Gasteiger partial charge in [-0.25, -0.2) is 23.0 Å². The zero-order chi connectivity index (χ0) is 22.3. The molecule has 0 spiro atoms. The van der Waals surface area contributed by atoms with E-state index < -0.39 is 39.2 Å². The van der Waals surface area contributed by atoms with Crippen LogP contribution in [-0.2, 0) is 24.3 Å². The summed E-state index contributed by atoms with van der Waals surface area (Å²) in [5.41, 5.74) is -2.25. The van der Waals surface area contributed by atoms with Crippen LogP contribution in [0.2, 0.25) is 0 Å². The molecule has 5 atom stereocenters. The van der Waals surface area contributed by atoms with Crippen LogP contribution >= 0.6 is 0 Å². The number of fused-ring (bicyclic) bond motifs is 2. The van der Waals surface area contributed by atoms with Crippen LogP contribution in [0.1, 0.15) is 37.0 Å². The Labute approximate surface area is 181 Å². The summed E-state index contributed by atoms with van der Waals surface area (Å²) in [6, 6.07) is 16.7. The van der Waals surface area contributed by atoms with E-state index in [-0.39, 0.29) is 23.0 Å². The molecule has 2 aromatic rings. The van der Waals surface area contributed by atoms with Crippen molar-refractivity contribution in [2.24, 2.45) is 5.92 Å². The second-order valence-corrected chi connectivity index (χ2v) is 10.7. The Hall–Kier alpha value is -2.26. The van der Waals surface area contributed by atoms with Crippen molar-refractivity contribution in [3.05, 3.63) is 66.2 Å². The molecule has 166 valence electrons. The van der Waals surface area contributed by atoms with Gasteiger partial charge in [0.15, 0.2) is 9.84 Å². The van der Waals surface area contributed by atoms with Gasteiger partial charge in [0.25, 0.3) is 0 Å². The Morgan fingerprint density at radius 1 is 1.06 bits per heavy atom. The lowest BCUT2D eigenvalue weighted by Crippen LogP contribution is -2.64. The van der Waals surface area contributed by atoms with Gasteiger partial charge in [0.2, 0.25) is 0 Å². The van der Waals surface area contributed by atoms with E-state index in [9.17, 15) is 18.3 Å². The van der Waals surface area contributed by atoms with E-state index in [1.54, 1.807) is 74.5 Å². The molecule has 1 saturated heterocycles. The molecule has 1 saturated carbocycles. The van der Waals surface area contributed by atoms with Crippen molar-refractivity contribution < 1.29 is 32.8 Å². The topological polar surface area (TPSA) is 99.1 Å². The van der Waals surface area contributed by atoms with Crippen LogP contribution in [0.25, 0.3) is 0 Å². The molecule has 2 aromatic carbocycles. The van der Waals surface area contributed by atoms with Crippen LogP contribution in [0, 0.1) is 5.92 Å². The van der Waals surface area contributed by atoms with Crippen LogP contribution in [0.15, 0.2) is 65.6 Å². The third-order valence-corrected chi connectivity index (χ3v) is 8.30. The molecular weight excluding hydrogens is 420 g/mol. The fraction of sp³-hybridized carbons (Fsp3) is 0.435. The highest BCUT2D eigenvalue weighted by Gasteiger charge is 2.58. The molecule has 0 aromatic heterocycles. The molecule has 1 aliphatic carbocycles. The van der Waals surface area contributed by atoms with Crippen molar-refractivity contribution in [3.8, 4) is 0 Å². The lowest BCUT2D eigenvalue weighted by molar-refractivity contribution is -0.448. The van der Waals surface area contributed by atoms with Crippen LogP contribution in [0.5, 0.6) is 0 Å². The first-order chi connectivity index (χ1) is 14.6. The molecule has 0 radical (unpaired) electrons. The van der Waals surface area contributed by atoms with E-state index >= 15 is 0 Å². The molecule has 1 aliphatic heterocycles. The Morgan fingerprint density at radius 3 is 2.32 bits per heavy atom. The number of esters is 1. The summed E-state index contributed by atoms with van der Waals surface area (Å²) in [5.74, 6) is -1.13. The Bertz CT molecular complexity index is 1040. The lowest BCUT2D eigenvalue weighted by Gasteiger charge is -2.53. The Balaban J connectivity index is 1.55. The van der Waals surface area contributed by atoms with Gasteiger partial charge in [-0.15, -0.1) is 0 Å². The summed E-state index contributed by atoms with van der Waals surface area (Å²) in [4.78, 5) is 23.9. The predicted octanol–water partition coefficient (Wildman–Crippen LogP) is 2.94. The van der Waals surface area contributed by atoms with Gasteiger partial charge in [0, 0.05) is 0 Å². The summed E-state index contributed by atoms with van der Waals surface area (Å²) in [6.07, 6.45) is -0.960. The SMILES string of the molecule is C[C@@]1(O)[C@@H]2C[C@H](C[C@H]1OC(=O)c1ccccc1)[C@](C)(CS(=O)(=O)c1ccccc1)OO2. The number of rotatable bonds is 5. The van der Waals surface area contributed by atoms with Crippen LogP contribution in [0.3, 0.4) is 0 Å².